The number of aromatic nitrogens is 1. The maximum Gasteiger partial charge on any atom is 0.231 e. The average Bonchev–Trinajstić information content (AvgIpc) is 2.97. The molecule has 0 saturated heterocycles. The quantitative estimate of drug-likeness (QED) is 0.717. The minimum Gasteiger partial charge on any atom is -0.326 e. The molecule has 0 atom stereocenters. The zero-order valence-electron chi connectivity index (χ0n) is 11.6. The third-order valence-electron chi connectivity index (χ3n) is 3.06. The maximum atomic E-state index is 12.0. The van der Waals surface area contributed by atoms with E-state index in [1.54, 1.807) is 0 Å². The number of benzene rings is 2. The van der Waals surface area contributed by atoms with Gasteiger partial charge in [-0.2, -0.15) is 0 Å². The van der Waals surface area contributed by atoms with Crippen molar-refractivity contribution in [1.82, 2.24) is 4.98 Å². The van der Waals surface area contributed by atoms with Gasteiger partial charge in [0.15, 0.2) is 0 Å². The Kier molecular flexibility index (Phi) is 4.65. The Balaban J connectivity index is 1.66. The third kappa shape index (κ3) is 3.81. The van der Waals surface area contributed by atoms with Gasteiger partial charge >= 0.3 is 0 Å². The fraction of sp³-hybridized carbons (Fsp3) is 0.0588. The minimum atomic E-state index is -0.0529. The van der Waals surface area contributed by atoms with Gasteiger partial charge in [-0.05, 0) is 24.3 Å². The van der Waals surface area contributed by atoms with Crippen molar-refractivity contribution in [2.45, 2.75) is 6.42 Å². The topological polar surface area (TPSA) is 42.0 Å². The molecule has 3 rings (SSSR count). The second kappa shape index (κ2) is 6.85. The molecule has 2 aromatic carbocycles. The lowest BCUT2D eigenvalue weighted by Gasteiger charge is -2.02. The van der Waals surface area contributed by atoms with Crippen LogP contribution in [0.2, 0.25) is 0 Å². The van der Waals surface area contributed by atoms with Crippen LogP contribution in [0.4, 0.5) is 5.69 Å². The van der Waals surface area contributed by atoms with Gasteiger partial charge in [-0.15, -0.1) is 11.3 Å². The first-order valence-electron chi connectivity index (χ1n) is 6.76. The van der Waals surface area contributed by atoms with Gasteiger partial charge in [0.05, 0.1) is 12.1 Å². The van der Waals surface area contributed by atoms with Crippen LogP contribution in [0.15, 0.2) is 64.5 Å². The molecule has 0 aliphatic rings. The van der Waals surface area contributed by atoms with Gasteiger partial charge in [-0.25, -0.2) is 4.98 Å². The van der Waals surface area contributed by atoms with Crippen molar-refractivity contribution in [1.29, 1.82) is 0 Å². The van der Waals surface area contributed by atoms with Crippen molar-refractivity contribution in [3.8, 4) is 11.3 Å². The highest BCUT2D eigenvalue weighted by atomic mass is 79.9. The molecule has 1 aromatic heterocycles. The maximum absolute atomic E-state index is 12.0. The average molecular weight is 373 g/mol. The van der Waals surface area contributed by atoms with Crippen LogP contribution in [-0.4, -0.2) is 10.9 Å². The largest absolute Gasteiger partial charge is 0.326 e. The van der Waals surface area contributed by atoms with Crippen molar-refractivity contribution in [2.75, 3.05) is 5.32 Å². The molecular weight excluding hydrogens is 360 g/mol. The molecule has 0 aliphatic carbocycles. The second-order valence-corrected chi connectivity index (χ2v) is 6.58. The van der Waals surface area contributed by atoms with Gasteiger partial charge in [0.25, 0.3) is 0 Å². The summed E-state index contributed by atoms with van der Waals surface area (Å²) in [5, 5.41) is 5.66. The van der Waals surface area contributed by atoms with Crippen molar-refractivity contribution in [2.24, 2.45) is 0 Å². The monoisotopic (exact) mass is 372 g/mol. The molecule has 0 bridgehead atoms. The summed E-state index contributed by atoms with van der Waals surface area (Å²) < 4.78 is 1.04. The summed E-state index contributed by atoms with van der Waals surface area (Å²) in [5.74, 6) is -0.0529. The lowest BCUT2D eigenvalue weighted by atomic mass is 10.2. The van der Waals surface area contributed by atoms with Crippen LogP contribution in [0.5, 0.6) is 0 Å². The van der Waals surface area contributed by atoms with E-state index in [1.807, 2.05) is 60.0 Å². The lowest BCUT2D eigenvalue weighted by Crippen LogP contribution is -2.14. The highest BCUT2D eigenvalue weighted by molar-refractivity contribution is 9.10. The highest BCUT2D eigenvalue weighted by Crippen LogP contribution is 2.24. The van der Waals surface area contributed by atoms with E-state index >= 15 is 0 Å². The Labute approximate surface area is 141 Å². The van der Waals surface area contributed by atoms with E-state index in [-0.39, 0.29) is 12.3 Å². The zero-order valence-corrected chi connectivity index (χ0v) is 14.0. The molecule has 0 saturated carbocycles. The third-order valence-corrected chi connectivity index (χ3v) is 4.44. The molecule has 0 fully saturated rings. The van der Waals surface area contributed by atoms with Gasteiger partial charge in [0, 0.05) is 21.1 Å². The summed E-state index contributed by atoms with van der Waals surface area (Å²) in [4.78, 5) is 16.6. The number of para-hydroxylation sites is 1. The number of nitrogens with one attached hydrogen (secondary N) is 1. The molecule has 3 nitrogen and oxygen atoms in total. The number of nitrogens with zero attached hydrogens (tertiary/aromatic N) is 1. The van der Waals surface area contributed by atoms with Crippen molar-refractivity contribution in [3.63, 3.8) is 0 Å². The predicted octanol–water partition coefficient (Wildman–Crippen LogP) is 4.75. The number of amides is 1. The molecule has 110 valence electrons. The smallest absolute Gasteiger partial charge is 0.231 e. The first kappa shape index (κ1) is 14.9. The Morgan fingerprint density at radius 1 is 1.09 bits per heavy atom. The number of rotatable bonds is 4. The molecule has 22 heavy (non-hydrogen) atoms. The van der Waals surface area contributed by atoms with Gasteiger partial charge in [0.2, 0.25) is 5.91 Å². The minimum absolute atomic E-state index is 0.0529. The molecule has 0 spiro atoms. The Hall–Kier alpha value is -1.98. The molecule has 0 aliphatic heterocycles. The van der Waals surface area contributed by atoms with E-state index in [1.165, 1.54) is 11.3 Å². The lowest BCUT2D eigenvalue weighted by molar-refractivity contribution is -0.115. The van der Waals surface area contributed by atoms with Gasteiger partial charge in [-0.3, -0.25) is 4.79 Å². The number of carbonyl (C=O) groups excluding carboxylic acids is 1. The van der Waals surface area contributed by atoms with E-state index in [2.05, 4.69) is 26.2 Å². The second-order valence-electron chi connectivity index (χ2n) is 4.72. The van der Waals surface area contributed by atoms with E-state index in [0.717, 1.165) is 26.4 Å². The summed E-state index contributed by atoms with van der Waals surface area (Å²) in [5.41, 5.74) is 2.76. The van der Waals surface area contributed by atoms with Crippen LogP contribution in [-0.2, 0) is 11.2 Å². The molecule has 0 unspecified atom stereocenters. The molecule has 3 aromatic rings. The van der Waals surface area contributed by atoms with Gasteiger partial charge < -0.3 is 5.32 Å². The summed E-state index contributed by atoms with van der Waals surface area (Å²) in [6.07, 6.45) is 0.288. The summed E-state index contributed by atoms with van der Waals surface area (Å²) in [6, 6.07) is 17.4. The molecule has 1 N–H and O–H groups in total. The molecular formula is C17H13BrN2OS. The van der Waals surface area contributed by atoms with Crippen molar-refractivity contribution in [3.05, 3.63) is 69.5 Å². The van der Waals surface area contributed by atoms with E-state index < -0.39 is 0 Å². The first-order valence-corrected chi connectivity index (χ1v) is 8.43. The molecule has 1 heterocycles. The van der Waals surface area contributed by atoms with Gasteiger partial charge in [-0.1, -0.05) is 46.3 Å². The fourth-order valence-electron chi connectivity index (χ4n) is 2.01. The number of carbonyl (C=O) groups is 1. The van der Waals surface area contributed by atoms with Crippen LogP contribution in [0, 0.1) is 0 Å². The SMILES string of the molecule is O=C(Cc1nc(-c2ccc(Br)cc2)cs1)Nc1ccccc1. The van der Waals surface area contributed by atoms with Crippen LogP contribution in [0.3, 0.4) is 0 Å². The normalized spacial score (nSPS) is 10.4. The number of hydrogen-bond acceptors (Lipinski definition) is 3. The Bertz CT molecular complexity index is 769. The van der Waals surface area contributed by atoms with E-state index in [0.29, 0.717) is 0 Å². The number of hydrogen-bond donors (Lipinski definition) is 1. The van der Waals surface area contributed by atoms with E-state index in [4.69, 9.17) is 0 Å². The van der Waals surface area contributed by atoms with Crippen LogP contribution < -0.4 is 5.32 Å². The van der Waals surface area contributed by atoms with Crippen LogP contribution >= 0.6 is 27.3 Å². The first-order chi connectivity index (χ1) is 10.7. The standard InChI is InChI=1S/C17H13BrN2OS/c18-13-8-6-12(7-9-13)15-11-22-17(20-15)10-16(21)19-14-4-2-1-3-5-14/h1-9,11H,10H2,(H,19,21). The van der Waals surface area contributed by atoms with Crippen LogP contribution in [0.25, 0.3) is 11.3 Å². The number of thiazole rings is 1. The zero-order chi connectivity index (χ0) is 15.4. The summed E-state index contributed by atoms with van der Waals surface area (Å²) in [7, 11) is 0. The Morgan fingerprint density at radius 3 is 2.55 bits per heavy atom. The Morgan fingerprint density at radius 2 is 1.82 bits per heavy atom. The number of anilines is 1. The molecule has 1 amide bonds. The van der Waals surface area contributed by atoms with Crippen molar-refractivity contribution < 1.29 is 4.79 Å². The number of halogens is 1. The van der Waals surface area contributed by atoms with Crippen molar-refractivity contribution >= 4 is 38.9 Å². The van der Waals surface area contributed by atoms with Crippen LogP contribution in [0.1, 0.15) is 5.01 Å². The fourth-order valence-corrected chi connectivity index (χ4v) is 3.08. The molecule has 0 radical (unpaired) electrons. The van der Waals surface area contributed by atoms with E-state index in [9.17, 15) is 4.79 Å². The highest BCUT2D eigenvalue weighted by Gasteiger charge is 2.09. The summed E-state index contributed by atoms with van der Waals surface area (Å²) in [6.45, 7) is 0. The predicted molar refractivity (Wildman–Crippen MR) is 94.0 cm³/mol. The summed E-state index contributed by atoms with van der Waals surface area (Å²) >= 11 is 4.92. The molecule has 5 heteroatoms. The van der Waals surface area contributed by atoms with Gasteiger partial charge in [0.1, 0.15) is 5.01 Å².